The third-order valence-electron chi connectivity index (χ3n) is 6.34. The van der Waals surface area contributed by atoms with E-state index in [0.29, 0.717) is 55.7 Å². The van der Waals surface area contributed by atoms with Gasteiger partial charge in [0.05, 0.1) is 23.0 Å². The summed E-state index contributed by atoms with van der Waals surface area (Å²) in [6.07, 6.45) is 3.27. The molecular weight excluding hydrogens is 435 g/mol. The number of halogens is 1. The molecule has 8 nitrogen and oxygen atoms in total. The van der Waals surface area contributed by atoms with E-state index in [1.165, 1.54) is 12.4 Å². The van der Waals surface area contributed by atoms with Gasteiger partial charge in [-0.1, -0.05) is 31.2 Å². The predicted molar refractivity (Wildman–Crippen MR) is 129 cm³/mol. The molecule has 9 heteroatoms. The van der Waals surface area contributed by atoms with Gasteiger partial charge in [0.1, 0.15) is 11.7 Å². The maximum Gasteiger partial charge on any atom is 0.272 e. The molecule has 1 fully saturated rings. The van der Waals surface area contributed by atoms with Crippen LogP contribution >= 0.6 is 0 Å². The molecule has 2 heterocycles. The van der Waals surface area contributed by atoms with Gasteiger partial charge >= 0.3 is 0 Å². The lowest BCUT2D eigenvalue weighted by Gasteiger charge is -2.37. The normalized spacial score (nSPS) is 14.2. The Labute approximate surface area is 196 Å². The first-order valence-corrected chi connectivity index (χ1v) is 11.3. The Morgan fingerprint density at radius 3 is 2.62 bits per heavy atom. The summed E-state index contributed by atoms with van der Waals surface area (Å²) in [7, 11) is 0. The number of aromatic nitrogens is 2. The van der Waals surface area contributed by atoms with Crippen LogP contribution in [0.15, 0.2) is 47.3 Å². The largest absolute Gasteiger partial charge is 0.338 e. The standard InChI is InChI=1S/C25H27FN6O2/c1-2-23(28)32(15-27)17-9-11-31(12-10-17)25(34)20-13-16(7-8-21(20)26)14-22-18-5-3-4-6-19(18)24(33)30-29-22/h3-8,13,15,17,27-28H,2,9-12,14H2,1H3,(H,30,33). The van der Waals surface area contributed by atoms with E-state index in [2.05, 4.69) is 10.2 Å². The molecule has 1 aromatic heterocycles. The highest BCUT2D eigenvalue weighted by Gasteiger charge is 2.29. The van der Waals surface area contributed by atoms with Crippen molar-refractivity contribution in [3.8, 4) is 0 Å². The number of carbonyl (C=O) groups is 1. The molecule has 0 aliphatic carbocycles. The highest BCUT2D eigenvalue weighted by atomic mass is 19.1. The third-order valence-corrected chi connectivity index (χ3v) is 6.34. The average molecular weight is 463 g/mol. The predicted octanol–water partition coefficient (Wildman–Crippen LogP) is 3.55. The van der Waals surface area contributed by atoms with Gasteiger partial charge in [-0.2, -0.15) is 5.10 Å². The molecule has 1 saturated heterocycles. The molecule has 2 aromatic carbocycles. The second-order valence-electron chi connectivity index (χ2n) is 8.40. The molecule has 3 N–H and O–H groups in total. The fourth-order valence-electron chi connectivity index (χ4n) is 4.45. The first kappa shape index (κ1) is 23.3. The zero-order valence-corrected chi connectivity index (χ0v) is 19.0. The van der Waals surface area contributed by atoms with Crippen molar-refractivity contribution in [2.75, 3.05) is 13.1 Å². The number of carbonyl (C=O) groups excluding carboxylic acids is 1. The molecule has 1 aliphatic heterocycles. The number of piperidine rings is 1. The molecule has 34 heavy (non-hydrogen) atoms. The highest BCUT2D eigenvalue weighted by Crippen LogP contribution is 2.22. The highest BCUT2D eigenvalue weighted by molar-refractivity contribution is 5.95. The minimum Gasteiger partial charge on any atom is -0.338 e. The smallest absolute Gasteiger partial charge is 0.272 e. The van der Waals surface area contributed by atoms with Crippen LogP contribution in [0.1, 0.15) is 47.8 Å². The van der Waals surface area contributed by atoms with Crippen molar-refractivity contribution in [1.29, 1.82) is 10.8 Å². The van der Waals surface area contributed by atoms with Crippen molar-refractivity contribution in [3.63, 3.8) is 0 Å². The van der Waals surface area contributed by atoms with Crippen LogP contribution in [0.4, 0.5) is 4.39 Å². The van der Waals surface area contributed by atoms with Gasteiger partial charge in [-0.25, -0.2) is 9.49 Å². The van der Waals surface area contributed by atoms with Gasteiger partial charge in [-0.05, 0) is 36.6 Å². The van der Waals surface area contributed by atoms with Gasteiger partial charge in [-0.15, -0.1) is 0 Å². The molecule has 0 unspecified atom stereocenters. The first-order valence-electron chi connectivity index (χ1n) is 11.3. The lowest BCUT2D eigenvalue weighted by Crippen LogP contribution is -2.48. The zero-order chi connectivity index (χ0) is 24.2. The molecule has 0 bridgehead atoms. The van der Waals surface area contributed by atoms with E-state index in [1.807, 2.05) is 19.1 Å². The first-order chi connectivity index (χ1) is 16.4. The van der Waals surface area contributed by atoms with Crippen LogP contribution < -0.4 is 5.56 Å². The summed E-state index contributed by atoms with van der Waals surface area (Å²) in [5.41, 5.74) is 1.10. The molecular formula is C25H27FN6O2. The van der Waals surface area contributed by atoms with Crippen LogP contribution in [-0.2, 0) is 6.42 Å². The van der Waals surface area contributed by atoms with E-state index < -0.39 is 5.82 Å². The number of hydrogen-bond acceptors (Lipinski definition) is 5. The van der Waals surface area contributed by atoms with Crippen molar-refractivity contribution in [3.05, 3.63) is 75.5 Å². The number of nitrogens with zero attached hydrogens (tertiary/aromatic N) is 3. The van der Waals surface area contributed by atoms with Crippen LogP contribution in [0.3, 0.4) is 0 Å². The van der Waals surface area contributed by atoms with Gasteiger partial charge in [0.2, 0.25) is 0 Å². The average Bonchev–Trinajstić information content (AvgIpc) is 2.87. The maximum atomic E-state index is 14.7. The number of rotatable bonds is 6. The van der Waals surface area contributed by atoms with E-state index in [0.717, 1.165) is 10.9 Å². The molecule has 0 atom stereocenters. The Kier molecular flexibility index (Phi) is 6.81. The second-order valence-corrected chi connectivity index (χ2v) is 8.40. The fraction of sp³-hybridized carbons (Fsp3) is 0.320. The summed E-state index contributed by atoms with van der Waals surface area (Å²) in [4.78, 5) is 28.5. The van der Waals surface area contributed by atoms with Gasteiger partial charge in [0.15, 0.2) is 0 Å². The lowest BCUT2D eigenvalue weighted by atomic mass is 10.00. The SMILES string of the molecule is CCC(=N)N(C=N)C1CCN(C(=O)c2cc(Cc3n[nH]c(=O)c4ccccc34)ccc2F)CC1. The number of aromatic amines is 1. The van der Waals surface area contributed by atoms with Crippen LogP contribution in [0.5, 0.6) is 0 Å². The summed E-state index contributed by atoms with van der Waals surface area (Å²) in [6.45, 7) is 2.74. The molecule has 0 spiro atoms. The number of nitrogens with one attached hydrogen (secondary N) is 3. The Morgan fingerprint density at radius 1 is 1.24 bits per heavy atom. The van der Waals surface area contributed by atoms with Crippen molar-refractivity contribution in [2.24, 2.45) is 0 Å². The third kappa shape index (κ3) is 4.59. The van der Waals surface area contributed by atoms with Crippen molar-refractivity contribution in [1.82, 2.24) is 20.0 Å². The summed E-state index contributed by atoms with van der Waals surface area (Å²) in [6, 6.07) is 11.6. The maximum absolute atomic E-state index is 14.7. The Hall–Kier alpha value is -3.88. The van der Waals surface area contributed by atoms with Crippen LogP contribution in [-0.4, -0.2) is 57.2 Å². The second kappa shape index (κ2) is 9.94. The van der Waals surface area contributed by atoms with Crippen molar-refractivity contribution in [2.45, 2.75) is 38.6 Å². The molecule has 1 aliphatic rings. The number of H-pyrrole nitrogens is 1. The van der Waals surface area contributed by atoms with Crippen molar-refractivity contribution >= 4 is 28.9 Å². The topological polar surface area (TPSA) is 117 Å². The number of amides is 1. The molecule has 176 valence electrons. The van der Waals surface area contributed by atoms with Crippen LogP contribution in [0, 0.1) is 16.6 Å². The van der Waals surface area contributed by atoms with E-state index in [4.69, 9.17) is 10.8 Å². The summed E-state index contributed by atoms with van der Waals surface area (Å²) in [5.74, 6) is -0.574. The Morgan fingerprint density at radius 2 is 1.94 bits per heavy atom. The van der Waals surface area contributed by atoms with Gasteiger partial charge in [-0.3, -0.25) is 20.4 Å². The summed E-state index contributed by atoms with van der Waals surface area (Å²) in [5, 5.41) is 23.6. The summed E-state index contributed by atoms with van der Waals surface area (Å²) < 4.78 is 14.7. The monoisotopic (exact) mass is 462 g/mol. The molecule has 0 radical (unpaired) electrons. The van der Waals surface area contributed by atoms with Crippen molar-refractivity contribution < 1.29 is 9.18 Å². The zero-order valence-electron chi connectivity index (χ0n) is 19.0. The van der Waals surface area contributed by atoms with E-state index in [9.17, 15) is 14.0 Å². The number of benzene rings is 2. The number of likely N-dealkylation sites (tertiary alicyclic amines) is 1. The fourth-order valence-corrected chi connectivity index (χ4v) is 4.45. The van der Waals surface area contributed by atoms with Gasteiger partial charge in [0.25, 0.3) is 11.5 Å². The molecule has 4 rings (SSSR count). The Bertz CT molecular complexity index is 1300. The number of amidine groups is 1. The number of fused-ring (bicyclic) bond motifs is 1. The van der Waals surface area contributed by atoms with Gasteiger partial charge < -0.3 is 9.80 Å². The van der Waals surface area contributed by atoms with E-state index in [-0.39, 0.29) is 23.1 Å². The number of hydrogen-bond donors (Lipinski definition) is 3. The van der Waals surface area contributed by atoms with Gasteiger partial charge in [0, 0.05) is 37.4 Å². The Balaban J connectivity index is 1.52. The van der Waals surface area contributed by atoms with Crippen LogP contribution in [0.25, 0.3) is 10.8 Å². The van der Waals surface area contributed by atoms with E-state index >= 15 is 0 Å². The molecule has 0 saturated carbocycles. The molecule has 3 aromatic rings. The molecule has 1 amide bonds. The lowest BCUT2D eigenvalue weighted by molar-refractivity contribution is 0.0688. The summed E-state index contributed by atoms with van der Waals surface area (Å²) >= 11 is 0. The quantitative estimate of drug-likeness (QED) is 0.384. The minimum absolute atomic E-state index is 0.00916. The van der Waals surface area contributed by atoms with Crippen LogP contribution in [0.2, 0.25) is 0 Å². The van der Waals surface area contributed by atoms with E-state index in [1.54, 1.807) is 34.1 Å². The minimum atomic E-state index is -0.580.